The standard InChI is InChI=1S/C19H17NO5S/c1-26(23,24)15-9-7-14(8-10-15)19-18(13-5-3-2-4-6-13)20-16(25-19)11-12-17(21)22/h2-10H,11-12H2,1H3,(H,21,22). The topological polar surface area (TPSA) is 97.5 Å². The molecule has 1 heterocycles. The predicted octanol–water partition coefficient (Wildman–Crippen LogP) is 3.43. The van der Waals surface area contributed by atoms with Crippen LogP contribution in [0.2, 0.25) is 0 Å². The van der Waals surface area contributed by atoms with Gasteiger partial charge in [-0.25, -0.2) is 13.4 Å². The average molecular weight is 371 g/mol. The number of carboxylic acid groups (broad SMARTS) is 1. The number of carbonyl (C=O) groups is 1. The molecule has 0 saturated carbocycles. The molecule has 0 aliphatic rings. The molecule has 1 aromatic heterocycles. The van der Waals surface area contributed by atoms with Gasteiger partial charge in [0.25, 0.3) is 0 Å². The Kier molecular flexibility index (Phi) is 4.90. The minimum absolute atomic E-state index is 0.0821. The van der Waals surface area contributed by atoms with Crippen molar-refractivity contribution in [2.75, 3.05) is 6.26 Å². The molecule has 0 aliphatic carbocycles. The lowest BCUT2D eigenvalue weighted by atomic mass is 10.1. The number of aromatic nitrogens is 1. The Morgan fingerprint density at radius 3 is 2.27 bits per heavy atom. The molecular formula is C19H17NO5S. The van der Waals surface area contributed by atoms with Crippen molar-refractivity contribution in [2.45, 2.75) is 17.7 Å². The molecule has 0 atom stereocenters. The van der Waals surface area contributed by atoms with Gasteiger partial charge in [-0.2, -0.15) is 0 Å². The number of nitrogens with zero attached hydrogens (tertiary/aromatic N) is 1. The Labute approximate surface area is 151 Å². The third-order valence-corrected chi connectivity index (χ3v) is 4.94. The lowest BCUT2D eigenvalue weighted by Gasteiger charge is -2.03. The van der Waals surface area contributed by atoms with E-state index < -0.39 is 15.8 Å². The smallest absolute Gasteiger partial charge is 0.303 e. The zero-order valence-electron chi connectivity index (χ0n) is 14.0. The molecule has 3 aromatic rings. The van der Waals surface area contributed by atoms with Crippen LogP contribution in [0.4, 0.5) is 0 Å². The number of sulfone groups is 1. The first-order valence-corrected chi connectivity index (χ1v) is 9.81. The summed E-state index contributed by atoms with van der Waals surface area (Å²) in [5.41, 5.74) is 2.10. The summed E-state index contributed by atoms with van der Waals surface area (Å²) >= 11 is 0. The first-order chi connectivity index (χ1) is 12.3. The number of oxazole rings is 1. The number of aliphatic carboxylic acids is 1. The fourth-order valence-electron chi connectivity index (χ4n) is 2.53. The highest BCUT2D eigenvalue weighted by Gasteiger charge is 2.18. The molecule has 0 saturated heterocycles. The van der Waals surface area contributed by atoms with Crippen LogP contribution in [0, 0.1) is 0 Å². The third kappa shape index (κ3) is 4.00. The van der Waals surface area contributed by atoms with Crippen molar-refractivity contribution in [3.8, 4) is 22.6 Å². The maximum atomic E-state index is 11.6. The molecule has 6 nitrogen and oxygen atoms in total. The summed E-state index contributed by atoms with van der Waals surface area (Å²) in [6, 6.07) is 15.7. The Bertz CT molecular complexity index is 1020. The highest BCUT2D eigenvalue weighted by Crippen LogP contribution is 2.33. The van der Waals surface area contributed by atoms with Gasteiger partial charge in [0.15, 0.2) is 21.5 Å². The zero-order chi connectivity index (χ0) is 18.7. The summed E-state index contributed by atoms with van der Waals surface area (Å²) in [4.78, 5) is 15.5. The van der Waals surface area contributed by atoms with Crippen LogP contribution < -0.4 is 0 Å². The minimum atomic E-state index is -3.29. The maximum absolute atomic E-state index is 11.6. The van der Waals surface area contributed by atoms with Gasteiger partial charge in [-0.15, -0.1) is 0 Å². The fourth-order valence-corrected chi connectivity index (χ4v) is 3.16. The van der Waals surface area contributed by atoms with Gasteiger partial charge in [0, 0.05) is 23.8 Å². The van der Waals surface area contributed by atoms with Crippen LogP contribution in [0.5, 0.6) is 0 Å². The number of hydrogen-bond acceptors (Lipinski definition) is 5. The van der Waals surface area contributed by atoms with Crippen LogP contribution in [0.3, 0.4) is 0 Å². The second-order valence-corrected chi connectivity index (χ2v) is 7.86. The van der Waals surface area contributed by atoms with E-state index in [9.17, 15) is 13.2 Å². The SMILES string of the molecule is CS(=O)(=O)c1ccc(-c2oc(CCC(=O)O)nc2-c2ccccc2)cc1. The van der Waals surface area contributed by atoms with Crippen LogP contribution >= 0.6 is 0 Å². The average Bonchev–Trinajstić information content (AvgIpc) is 3.04. The Balaban J connectivity index is 2.05. The van der Waals surface area contributed by atoms with Crippen molar-refractivity contribution in [2.24, 2.45) is 0 Å². The third-order valence-electron chi connectivity index (χ3n) is 3.82. The maximum Gasteiger partial charge on any atom is 0.303 e. The molecule has 0 unspecified atom stereocenters. The molecule has 7 heteroatoms. The van der Waals surface area contributed by atoms with Crippen molar-refractivity contribution in [3.05, 3.63) is 60.5 Å². The second kappa shape index (κ2) is 7.13. The van der Waals surface area contributed by atoms with Gasteiger partial charge in [-0.05, 0) is 24.3 Å². The van der Waals surface area contributed by atoms with E-state index in [0.717, 1.165) is 11.8 Å². The van der Waals surface area contributed by atoms with Gasteiger partial charge in [-0.3, -0.25) is 4.79 Å². The molecule has 0 amide bonds. The second-order valence-electron chi connectivity index (χ2n) is 5.84. The van der Waals surface area contributed by atoms with Crippen molar-refractivity contribution >= 4 is 15.8 Å². The fraction of sp³-hybridized carbons (Fsp3) is 0.158. The highest BCUT2D eigenvalue weighted by molar-refractivity contribution is 7.90. The molecular weight excluding hydrogens is 354 g/mol. The summed E-state index contributed by atoms with van der Waals surface area (Å²) in [6.45, 7) is 0. The van der Waals surface area contributed by atoms with E-state index in [1.165, 1.54) is 12.1 Å². The van der Waals surface area contributed by atoms with Crippen LogP contribution in [0.1, 0.15) is 12.3 Å². The van der Waals surface area contributed by atoms with E-state index in [-0.39, 0.29) is 17.7 Å². The van der Waals surface area contributed by atoms with E-state index in [4.69, 9.17) is 9.52 Å². The molecule has 0 aliphatic heterocycles. The van der Waals surface area contributed by atoms with Gasteiger partial charge >= 0.3 is 5.97 Å². The lowest BCUT2D eigenvalue weighted by molar-refractivity contribution is -0.137. The first-order valence-electron chi connectivity index (χ1n) is 7.92. The van der Waals surface area contributed by atoms with Gasteiger partial charge < -0.3 is 9.52 Å². The quantitative estimate of drug-likeness (QED) is 0.713. The first kappa shape index (κ1) is 17.9. The molecule has 134 valence electrons. The summed E-state index contributed by atoms with van der Waals surface area (Å²) in [6.07, 6.45) is 1.24. The number of benzene rings is 2. The van der Waals surface area contributed by atoms with E-state index >= 15 is 0 Å². The zero-order valence-corrected chi connectivity index (χ0v) is 14.9. The van der Waals surface area contributed by atoms with E-state index in [0.29, 0.717) is 22.9 Å². The molecule has 1 N–H and O–H groups in total. The van der Waals surface area contributed by atoms with Crippen LogP contribution in [0.15, 0.2) is 63.9 Å². The normalized spacial score (nSPS) is 11.4. The number of carboxylic acids is 1. The molecule has 26 heavy (non-hydrogen) atoms. The monoisotopic (exact) mass is 371 g/mol. The van der Waals surface area contributed by atoms with Gasteiger partial charge in [0.2, 0.25) is 0 Å². The summed E-state index contributed by atoms with van der Waals surface area (Å²) in [5.74, 6) is -0.117. The molecule has 0 radical (unpaired) electrons. The van der Waals surface area contributed by atoms with Crippen molar-refractivity contribution in [1.82, 2.24) is 4.98 Å². The van der Waals surface area contributed by atoms with Crippen LogP contribution in [-0.4, -0.2) is 30.7 Å². The summed E-state index contributed by atoms with van der Waals surface area (Å²) < 4.78 is 29.1. The molecule has 2 aromatic carbocycles. The Morgan fingerprint density at radius 1 is 1.04 bits per heavy atom. The molecule has 0 spiro atoms. The minimum Gasteiger partial charge on any atom is -0.481 e. The Morgan fingerprint density at radius 2 is 1.69 bits per heavy atom. The summed E-state index contributed by atoms with van der Waals surface area (Å²) in [5, 5.41) is 8.87. The Hall–Kier alpha value is -2.93. The van der Waals surface area contributed by atoms with E-state index in [2.05, 4.69) is 4.98 Å². The number of rotatable bonds is 6. The van der Waals surface area contributed by atoms with Crippen molar-refractivity contribution in [1.29, 1.82) is 0 Å². The predicted molar refractivity (Wildman–Crippen MR) is 96.4 cm³/mol. The van der Waals surface area contributed by atoms with Crippen LogP contribution in [0.25, 0.3) is 22.6 Å². The number of aryl methyl sites for hydroxylation is 1. The van der Waals surface area contributed by atoms with Gasteiger partial charge in [0.05, 0.1) is 11.3 Å². The lowest BCUT2D eigenvalue weighted by Crippen LogP contribution is -1.97. The van der Waals surface area contributed by atoms with Crippen molar-refractivity contribution in [3.63, 3.8) is 0 Å². The van der Waals surface area contributed by atoms with Gasteiger partial charge in [-0.1, -0.05) is 30.3 Å². The summed E-state index contributed by atoms with van der Waals surface area (Å²) in [7, 11) is -3.29. The molecule has 0 fully saturated rings. The molecule has 0 bridgehead atoms. The largest absolute Gasteiger partial charge is 0.481 e. The van der Waals surface area contributed by atoms with Gasteiger partial charge in [0.1, 0.15) is 5.69 Å². The highest BCUT2D eigenvalue weighted by atomic mass is 32.2. The van der Waals surface area contributed by atoms with Crippen LogP contribution in [-0.2, 0) is 21.1 Å². The van der Waals surface area contributed by atoms with E-state index in [1.54, 1.807) is 12.1 Å². The molecule has 3 rings (SSSR count). The van der Waals surface area contributed by atoms with Crippen molar-refractivity contribution < 1.29 is 22.7 Å². The number of hydrogen-bond donors (Lipinski definition) is 1. The van der Waals surface area contributed by atoms with E-state index in [1.807, 2.05) is 30.3 Å².